The number of nitrogens with zero attached hydrogens (tertiary/aromatic N) is 3. The second-order valence-electron chi connectivity index (χ2n) is 5.18. The third-order valence-electron chi connectivity index (χ3n) is 3.80. The first-order valence-electron chi connectivity index (χ1n) is 6.28. The number of aliphatic hydroxyl groups excluding tert-OH is 1. The number of aromatic nitrogens is 1. The highest BCUT2D eigenvalue weighted by atomic mass is 16.3. The van der Waals surface area contributed by atoms with Crippen LogP contribution in [0.4, 0.5) is 5.82 Å². The van der Waals surface area contributed by atoms with Crippen LogP contribution in [-0.2, 0) is 0 Å². The highest BCUT2D eigenvalue weighted by Crippen LogP contribution is 2.28. The van der Waals surface area contributed by atoms with Crippen LogP contribution in [0, 0.1) is 6.92 Å². The lowest BCUT2D eigenvalue weighted by Gasteiger charge is -2.40. The third kappa shape index (κ3) is 2.48. The zero-order chi connectivity index (χ0) is 13.3. The number of nitrogen functional groups attached to an aromatic ring is 1. The Hall–Kier alpha value is -1.17. The van der Waals surface area contributed by atoms with Gasteiger partial charge in [-0.25, -0.2) is 4.98 Å². The van der Waals surface area contributed by atoms with E-state index in [0.29, 0.717) is 5.82 Å². The van der Waals surface area contributed by atoms with Crippen molar-refractivity contribution in [3.05, 3.63) is 23.4 Å². The largest absolute Gasteiger partial charge is 0.387 e. The second-order valence-corrected chi connectivity index (χ2v) is 5.18. The molecule has 2 unspecified atom stereocenters. The third-order valence-corrected chi connectivity index (χ3v) is 3.80. The molecule has 2 atom stereocenters. The Bertz CT molecular complexity index is 403. The molecule has 0 aliphatic carbocycles. The van der Waals surface area contributed by atoms with Crippen LogP contribution >= 0.6 is 0 Å². The van der Waals surface area contributed by atoms with Crippen LogP contribution in [0.25, 0.3) is 0 Å². The highest BCUT2D eigenvalue weighted by molar-refractivity contribution is 5.46. The quantitative estimate of drug-likeness (QED) is 0.788. The molecule has 0 radical (unpaired) electrons. The molecule has 0 amide bonds. The predicted molar refractivity (Wildman–Crippen MR) is 72.3 cm³/mol. The van der Waals surface area contributed by atoms with E-state index >= 15 is 0 Å². The van der Waals surface area contributed by atoms with Crippen molar-refractivity contribution in [1.29, 1.82) is 0 Å². The van der Waals surface area contributed by atoms with Gasteiger partial charge in [0, 0.05) is 31.4 Å². The summed E-state index contributed by atoms with van der Waals surface area (Å²) in [5.74, 6) is 0.434. The summed E-state index contributed by atoms with van der Waals surface area (Å²) in [6.45, 7) is 4.78. The van der Waals surface area contributed by atoms with Gasteiger partial charge in [-0.15, -0.1) is 0 Å². The van der Waals surface area contributed by atoms with Gasteiger partial charge in [-0.05, 0) is 32.6 Å². The van der Waals surface area contributed by atoms with E-state index in [0.717, 1.165) is 30.8 Å². The summed E-state index contributed by atoms with van der Waals surface area (Å²) in [5.41, 5.74) is 7.67. The molecule has 1 fully saturated rings. The zero-order valence-electron chi connectivity index (χ0n) is 11.3. The van der Waals surface area contributed by atoms with Crippen LogP contribution < -0.4 is 5.73 Å². The van der Waals surface area contributed by atoms with Crippen LogP contribution in [0.3, 0.4) is 0 Å². The fraction of sp³-hybridized carbons (Fsp3) is 0.615. The lowest BCUT2D eigenvalue weighted by atomic mass is 9.96. The predicted octanol–water partition coefficient (Wildman–Crippen LogP) is 0.251. The number of anilines is 1. The normalized spacial score (nSPS) is 24.1. The topological polar surface area (TPSA) is 65.6 Å². The molecule has 1 saturated heterocycles. The molecule has 1 aromatic rings. The molecule has 0 aromatic carbocycles. The van der Waals surface area contributed by atoms with Crippen molar-refractivity contribution in [2.45, 2.75) is 19.1 Å². The smallest absolute Gasteiger partial charge is 0.129 e. The molecular formula is C13H22N4O. The first kappa shape index (κ1) is 13.3. The molecule has 5 nitrogen and oxygen atoms in total. The Morgan fingerprint density at radius 3 is 2.83 bits per heavy atom. The van der Waals surface area contributed by atoms with Crippen LogP contribution in [0.5, 0.6) is 0 Å². The maximum absolute atomic E-state index is 10.6. The first-order chi connectivity index (χ1) is 8.50. The van der Waals surface area contributed by atoms with Crippen molar-refractivity contribution in [3.8, 4) is 0 Å². The van der Waals surface area contributed by atoms with Gasteiger partial charge >= 0.3 is 0 Å². The van der Waals surface area contributed by atoms with Gasteiger partial charge in [-0.2, -0.15) is 0 Å². The molecule has 0 spiro atoms. The summed E-state index contributed by atoms with van der Waals surface area (Å²) >= 11 is 0. The molecule has 18 heavy (non-hydrogen) atoms. The minimum Gasteiger partial charge on any atom is -0.387 e. The number of aliphatic hydroxyl groups is 1. The molecule has 1 aliphatic heterocycles. The van der Waals surface area contributed by atoms with Gasteiger partial charge < -0.3 is 15.7 Å². The molecule has 0 bridgehead atoms. The molecule has 1 aromatic heterocycles. The van der Waals surface area contributed by atoms with Gasteiger partial charge in [0.05, 0.1) is 12.1 Å². The van der Waals surface area contributed by atoms with Crippen molar-refractivity contribution >= 4 is 5.82 Å². The minimum absolute atomic E-state index is 0.0638. The Balaban J connectivity index is 2.27. The lowest BCUT2D eigenvalue weighted by Crippen LogP contribution is -2.52. The molecular weight excluding hydrogens is 228 g/mol. The van der Waals surface area contributed by atoms with E-state index in [-0.39, 0.29) is 6.04 Å². The van der Waals surface area contributed by atoms with Gasteiger partial charge in [0.15, 0.2) is 0 Å². The molecule has 2 rings (SSSR count). The fourth-order valence-corrected chi connectivity index (χ4v) is 2.55. The summed E-state index contributed by atoms with van der Waals surface area (Å²) < 4.78 is 0. The molecule has 3 N–H and O–H groups in total. The zero-order valence-corrected chi connectivity index (χ0v) is 11.3. The molecule has 100 valence electrons. The number of nitrogens with two attached hydrogens (primary N) is 1. The van der Waals surface area contributed by atoms with Gasteiger partial charge in [0.1, 0.15) is 5.82 Å². The standard InChI is InChI=1S/C13H22N4O/c1-9-4-5-15-13(14)11(9)12(18)10-8-16(2)6-7-17(10)3/h4-5,10,12,18H,6-8H2,1-3H3,(H2,14,15). The summed E-state index contributed by atoms with van der Waals surface area (Å²) in [6.07, 6.45) is 1.09. The molecule has 0 saturated carbocycles. The van der Waals surface area contributed by atoms with Crippen LogP contribution in [0.1, 0.15) is 17.2 Å². The Labute approximate surface area is 108 Å². The Morgan fingerprint density at radius 1 is 1.44 bits per heavy atom. The van der Waals surface area contributed by atoms with Crippen molar-refractivity contribution in [2.75, 3.05) is 39.5 Å². The van der Waals surface area contributed by atoms with E-state index < -0.39 is 6.10 Å². The number of rotatable bonds is 2. The van der Waals surface area contributed by atoms with E-state index in [1.807, 2.05) is 20.0 Å². The maximum Gasteiger partial charge on any atom is 0.129 e. The van der Waals surface area contributed by atoms with E-state index in [2.05, 4.69) is 21.8 Å². The number of hydrogen-bond acceptors (Lipinski definition) is 5. The monoisotopic (exact) mass is 250 g/mol. The molecule has 5 heteroatoms. The summed E-state index contributed by atoms with van der Waals surface area (Å²) in [4.78, 5) is 8.51. The van der Waals surface area contributed by atoms with E-state index in [1.54, 1.807) is 6.20 Å². The van der Waals surface area contributed by atoms with E-state index in [9.17, 15) is 5.11 Å². The number of aryl methyl sites for hydroxylation is 1. The van der Waals surface area contributed by atoms with Gasteiger partial charge in [-0.3, -0.25) is 4.90 Å². The fourth-order valence-electron chi connectivity index (χ4n) is 2.55. The number of pyridine rings is 1. The van der Waals surface area contributed by atoms with E-state index in [1.165, 1.54) is 0 Å². The van der Waals surface area contributed by atoms with Crippen molar-refractivity contribution in [2.24, 2.45) is 0 Å². The van der Waals surface area contributed by atoms with Crippen molar-refractivity contribution in [1.82, 2.24) is 14.8 Å². The van der Waals surface area contributed by atoms with Crippen LogP contribution in [0.15, 0.2) is 12.3 Å². The van der Waals surface area contributed by atoms with Crippen LogP contribution in [0.2, 0.25) is 0 Å². The van der Waals surface area contributed by atoms with Gasteiger partial charge in [-0.1, -0.05) is 0 Å². The van der Waals surface area contributed by atoms with Crippen molar-refractivity contribution < 1.29 is 5.11 Å². The average molecular weight is 250 g/mol. The van der Waals surface area contributed by atoms with Gasteiger partial charge in [0.25, 0.3) is 0 Å². The Kier molecular flexibility index (Phi) is 3.85. The molecule has 2 heterocycles. The second kappa shape index (κ2) is 5.22. The lowest BCUT2D eigenvalue weighted by molar-refractivity contribution is 0.0138. The number of hydrogen-bond donors (Lipinski definition) is 2. The van der Waals surface area contributed by atoms with Crippen LogP contribution in [-0.4, -0.2) is 59.7 Å². The SMILES string of the molecule is Cc1ccnc(N)c1C(O)C1CN(C)CCN1C. The minimum atomic E-state index is -0.591. The highest BCUT2D eigenvalue weighted by Gasteiger charge is 2.31. The van der Waals surface area contributed by atoms with Gasteiger partial charge in [0.2, 0.25) is 0 Å². The Morgan fingerprint density at radius 2 is 2.17 bits per heavy atom. The number of piperazine rings is 1. The summed E-state index contributed by atoms with van der Waals surface area (Å²) in [7, 11) is 4.12. The summed E-state index contributed by atoms with van der Waals surface area (Å²) in [5, 5.41) is 10.6. The molecule has 1 aliphatic rings. The number of likely N-dealkylation sites (N-methyl/N-ethyl adjacent to an activating group) is 2. The maximum atomic E-state index is 10.6. The summed E-state index contributed by atoms with van der Waals surface area (Å²) in [6, 6.07) is 1.95. The first-order valence-corrected chi connectivity index (χ1v) is 6.28. The van der Waals surface area contributed by atoms with Crippen molar-refractivity contribution in [3.63, 3.8) is 0 Å². The van der Waals surface area contributed by atoms with E-state index in [4.69, 9.17) is 5.73 Å². The average Bonchev–Trinajstić information content (AvgIpc) is 2.32.